The topological polar surface area (TPSA) is 81.5 Å². The second-order valence-corrected chi connectivity index (χ2v) is 2.74. The Morgan fingerprint density at radius 3 is 2.69 bits per heavy atom. The normalized spacial score (nSPS) is 12.5. The molecule has 0 amide bonds. The number of hydrogen-bond donors (Lipinski definition) is 3. The van der Waals surface area contributed by atoms with Gasteiger partial charge >= 0.3 is 0 Å². The molecule has 0 heterocycles. The molecule has 1 unspecified atom stereocenters. The van der Waals surface area contributed by atoms with Crippen LogP contribution in [0.3, 0.4) is 0 Å². The highest BCUT2D eigenvalue weighted by atomic mass is 16.5. The second-order valence-electron chi connectivity index (χ2n) is 2.74. The fourth-order valence-electron chi connectivity index (χ4n) is 0.866. The zero-order valence-corrected chi connectivity index (χ0v) is 7.31. The molecule has 4 nitrogen and oxygen atoms in total. The summed E-state index contributed by atoms with van der Waals surface area (Å²) in [5, 5.41) is 9.12. The third-order valence-electron chi connectivity index (χ3n) is 1.62. The molecule has 5 N–H and O–H groups in total. The smallest absolute Gasteiger partial charge is 0.142 e. The van der Waals surface area contributed by atoms with E-state index in [-0.39, 0.29) is 13.2 Å². The van der Waals surface area contributed by atoms with Crippen molar-refractivity contribution in [1.82, 2.24) is 0 Å². The van der Waals surface area contributed by atoms with Crippen LogP contribution in [0.5, 0.6) is 5.75 Å². The monoisotopic (exact) mass is 182 g/mol. The Morgan fingerprint density at radius 2 is 2.08 bits per heavy atom. The van der Waals surface area contributed by atoms with E-state index >= 15 is 0 Å². The number of para-hydroxylation sites is 2. The largest absolute Gasteiger partial charge is 0.489 e. The van der Waals surface area contributed by atoms with Crippen LogP contribution in [0.4, 0.5) is 5.69 Å². The summed E-state index contributed by atoms with van der Waals surface area (Å²) in [6, 6.07) is 7.13. The molecule has 0 saturated carbocycles. The first-order valence-electron chi connectivity index (χ1n) is 4.09. The average Bonchev–Trinajstić information content (AvgIpc) is 2.16. The predicted molar refractivity (Wildman–Crippen MR) is 51.4 cm³/mol. The molecule has 0 fully saturated rings. The maximum atomic E-state index is 9.12. The van der Waals surface area contributed by atoms with Crippen LogP contribution in [0, 0.1) is 0 Å². The molecule has 1 aromatic rings. The van der Waals surface area contributed by atoms with E-state index in [2.05, 4.69) is 0 Å². The lowest BCUT2D eigenvalue weighted by molar-refractivity contribution is 0.114. The van der Waals surface area contributed by atoms with Crippen molar-refractivity contribution in [2.24, 2.45) is 5.73 Å². The molecule has 0 spiro atoms. The molecule has 1 atom stereocenters. The summed E-state index contributed by atoms with van der Waals surface area (Å²) in [5.41, 5.74) is 11.4. The van der Waals surface area contributed by atoms with Crippen molar-refractivity contribution < 1.29 is 9.84 Å². The van der Waals surface area contributed by atoms with Gasteiger partial charge in [-0.2, -0.15) is 0 Å². The van der Waals surface area contributed by atoms with Gasteiger partial charge in [0.1, 0.15) is 18.5 Å². The first-order chi connectivity index (χ1) is 6.24. The summed E-state index contributed by atoms with van der Waals surface area (Å²) in [7, 11) is 0. The van der Waals surface area contributed by atoms with E-state index in [1.54, 1.807) is 12.1 Å². The van der Waals surface area contributed by atoms with Gasteiger partial charge in [-0.15, -0.1) is 0 Å². The van der Waals surface area contributed by atoms with Gasteiger partial charge in [-0.1, -0.05) is 12.1 Å². The molecule has 1 aromatic carbocycles. The van der Waals surface area contributed by atoms with Crippen molar-refractivity contribution in [1.29, 1.82) is 0 Å². The molecule has 0 aliphatic heterocycles. The zero-order chi connectivity index (χ0) is 9.68. The van der Waals surface area contributed by atoms with Gasteiger partial charge in [0, 0.05) is 6.54 Å². The molecule has 13 heavy (non-hydrogen) atoms. The van der Waals surface area contributed by atoms with Gasteiger partial charge in [-0.3, -0.25) is 0 Å². The highest BCUT2D eigenvalue weighted by Gasteiger charge is 2.03. The maximum absolute atomic E-state index is 9.12. The molecular weight excluding hydrogens is 168 g/mol. The molecule has 0 aliphatic carbocycles. The van der Waals surface area contributed by atoms with Crippen LogP contribution in [0.25, 0.3) is 0 Å². The molecule has 0 bridgehead atoms. The van der Waals surface area contributed by atoms with Crippen LogP contribution in [-0.2, 0) is 0 Å². The number of benzene rings is 1. The summed E-state index contributed by atoms with van der Waals surface area (Å²) in [6.07, 6.45) is -0.639. The van der Waals surface area contributed by atoms with E-state index in [9.17, 15) is 0 Å². The Kier molecular flexibility index (Phi) is 3.54. The van der Waals surface area contributed by atoms with Gasteiger partial charge in [0.05, 0.1) is 5.69 Å². The maximum Gasteiger partial charge on any atom is 0.142 e. The van der Waals surface area contributed by atoms with E-state index in [1.807, 2.05) is 12.1 Å². The number of anilines is 1. The number of rotatable bonds is 4. The van der Waals surface area contributed by atoms with Gasteiger partial charge in [0.15, 0.2) is 0 Å². The number of aliphatic hydroxyl groups is 1. The van der Waals surface area contributed by atoms with Crippen LogP contribution in [0.1, 0.15) is 0 Å². The predicted octanol–water partition coefficient (Wildman–Crippen LogP) is -0.0328. The van der Waals surface area contributed by atoms with Gasteiger partial charge < -0.3 is 21.3 Å². The first-order valence-corrected chi connectivity index (χ1v) is 4.09. The van der Waals surface area contributed by atoms with Gasteiger partial charge in [0.2, 0.25) is 0 Å². The molecule has 72 valence electrons. The molecule has 1 rings (SSSR count). The van der Waals surface area contributed by atoms with E-state index in [1.165, 1.54) is 0 Å². The number of aliphatic hydroxyl groups excluding tert-OH is 1. The second kappa shape index (κ2) is 4.69. The standard InChI is InChI=1S/C9H14N2O2/c10-5-7(12)6-13-9-4-2-1-3-8(9)11/h1-4,7,12H,5-6,10-11H2. The van der Waals surface area contributed by atoms with E-state index in [4.69, 9.17) is 21.3 Å². The SMILES string of the molecule is NCC(O)COc1ccccc1N. The van der Waals surface area contributed by atoms with Crippen molar-refractivity contribution >= 4 is 5.69 Å². The fraction of sp³-hybridized carbons (Fsp3) is 0.333. The quantitative estimate of drug-likeness (QED) is 0.571. The van der Waals surface area contributed by atoms with Crippen LogP contribution in [-0.4, -0.2) is 24.4 Å². The third-order valence-corrected chi connectivity index (χ3v) is 1.62. The summed E-state index contributed by atoms with van der Waals surface area (Å²) in [5.74, 6) is 0.579. The lowest BCUT2D eigenvalue weighted by Gasteiger charge is -2.11. The Morgan fingerprint density at radius 1 is 1.38 bits per heavy atom. The van der Waals surface area contributed by atoms with E-state index in [0.717, 1.165) is 0 Å². The minimum Gasteiger partial charge on any atom is -0.489 e. The molecule has 0 aromatic heterocycles. The summed E-state index contributed by atoms with van der Waals surface area (Å²) < 4.78 is 5.23. The summed E-state index contributed by atoms with van der Waals surface area (Å²) in [4.78, 5) is 0. The number of nitrogens with two attached hydrogens (primary N) is 2. The van der Waals surface area contributed by atoms with Crippen molar-refractivity contribution in [3.05, 3.63) is 24.3 Å². The Hall–Kier alpha value is -1.26. The average molecular weight is 182 g/mol. The van der Waals surface area contributed by atoms with Gasteiger partial charge in [0.25, 0.3) is 0 Å². The lowest BCUT2D eigenvalue weighted by atomic mass is 10.3. The fourth-order valence-corrected chi connectivity index (χ4v) is 0.866. The Labute approximate surface area is 77.1 Å². The Bertz CT molecular complexity index is 266. The molecule has 4 heteroatoms. The highest BCUT2D eigenvalue weighted by molar-refractivity contribution is 5.51. The molecule has 0 radical (unpaired) electrons. The minimum atomic E-state index is -0.639. The number of hydrogen-bond acceptors (Lipinski definition) is 4. The van der Waals surface area contributed by atoms with Crippen LogP contribution in [0.15, 0.2) is 24.3 Å². The summed E-state index contributed by atoms with van der Waals surface area (Å²) >= 11 is 0. The first kappa shape index (κ1) is 9.83. The van der Waals surface area contributed by atoms with Crippen molar-refractivity contribution in [3.63, 3.8) is 0 Å². The number of ether oxygens (including phenoxy) is 1. The number of nitrogen functional groups attached to an aromatic ring is 1. The van der Waals surface area contributed by atoms with E-state index < -0.39 is 6.10 Å². The molecule has 0 saturated heterocycles. The minimum absolute atomic E-state index is 0.171. The van der Waals surface area contributed by atoms with Crippen molar-refractivity contribution in [2.45, 2.75) is 6.10 Å². The van der Waals surface area contributed by atoms with Crippen LogP contribution < -0.4 is 16.2 Å². The molecule has 0 aliphatic rings. The highest BCUT2D eigenvalue weighted by Crippen LogP contribution is 2.19. The third kappa shape index (κ3) is 2.93. The van der Waals surface area contributed by atoms with E-state index in [0.29, 0.717) is 11.4 Å². The molecular formula is C9H14N2O2. The summed E-state index contributed by atoms with van der Waals surface area (Å²) in [6.45, 7) is 0.359. The van der Waals surface area contributed by atoms with Crippen LogP contribution >= 0.6 is 0 Å². The van der Waals surface area contributed by atoms with Crippen LogP contribution in [0.2, 0.25) is 0 Å². The van der Waals surface area contributed by atoms with Crippen molar-refractivity contribution in [2.75, 3.05) is 18.9 Å². The zero-order valence-electron chi connectivity index (χ0n) is 7.31. The van der Waals surface area contributed by atoms with Gasteiger partial charge in [-0.25, -0.2) is 0 Å². The lowest BCUT2D eigenvalue weighted by Crippen LogP contribution is -2.26. The van der Waals surface area contributed by atoms with Crippen molar-refractivity contribution in [3.8, 4) is 5.75 Å². The Balaban J connectivity index is 2.50. The van der Waals surface area contributed by atoms with Gasteiger partial charge in [-0.05, 0) is 12.1 Å².